The zero-order valence-electron chi connectivity index (χ0n) is 1.88. The summed E-state index contributed by atoms with van der Waals surface area (Å²) >= 11 is 0. The standard InChI is InChI=1S/Co.Fe.Mn.Na.Ni.Ti.H. The topological polar surface area (TPSA) is 0 Å². The molecular formula is HCoFeMnNaNiTi. The van der Waals surface area contributed by atoms with Crippen molar-refractivity contribution in [3.63, 3.8) is 0 Å². The van der Waals surface area contributed by atoms with Crippen molar-refractivity contribution in [2.45, 2.75) is 0 Å². The molecule has 40 valence electrons. The maximum Gasteiger partial charge on any atom is 0 e. The summed E-state index contributed by atoms with van der Waals surface area (Å²) in [6.07, 6.45) is 0. The summed E-state index contributed by atoms with van der Waals surface area (Å²) in [6.45, 7) is 0. The average molecular weight is 300 g/mol. The van der Waals surface area contributed by atoms with Gasteiger partial charge in [-0.25, -0.2) is 0 Å². The van der Waals surface area contributed by atoms with Crippen molar-refractivity contribution in [2.24, 2.45) is 0 Å². The van der Waals surface area contributed by atoms with Gasteiger partial charge in [0, 0.05) is 89.1 Å². The fraction of sp³-hybridized carbons (Fsp3) is 0. The van der Waals surface area contributed by atoms with E-state index < -0.39 is 0 Å². The Balaban J connectivity index is 0. The van der Waals surface area contributed by atoms with Crippen LogP contribution in [-0.2, 0) is 89.1 Å². The normalized spacial score (nSPS) is 0. The van der Waals surface area contributed by atoms with Gasteiger partial charge in [-0.05, 0) is 0 Å². The summed E-state index contributed by atoms with van der Waals surface area (Å²) in [4.78, 5) is 0. The van der Waals surface area contributed by atoms with Gasteiger partial charge in [-0.15, -0.1) is 0 Å². The quantitative estimate of drug-likeness (QED) is 0.521. The summed E-state index contributed by atoms with van der Waals surface area (Å²) in [5.74, 6) is 0. The molecule has 0 atom stereocenters. The second kappa shape index (κ2) is 37.4. The molecule has 0 rings (SSSR count). The second-order valence-electron chi connectivity index (χ2n) is 0. The van der Waals surface area contributed by atoms with Crippen LogP contribution in [0.1, 0.15) is 0 Å². The Labute approximate surface area is 116 Å². The molecule has 0 spiro atoms. The second-order valence-corrected chi connectivity index (χ2v) is 0. The molecule has 0 aromatic carbocycles. The Morgan fingerprint density at radius 1 is 1.00 bits per heavy atom. The maximum absolute atomic E-state index is 0. The van der Waals surface area contributed by atoms with E-state index in [2.05, 4.69) is 0 Å². The van der Waals surface area contributed by atoms with E-state index in [0.29, 0.717) is 0 Å². The summed E-state index contributed by atoms with van der Waals surface area (Å²) < 4.78 is 0. The SMILES string of the molecule is [Co].[Fe].[Mn].[NaH].[Ni].[Ti]. The molecule has 0 saturated heterocycles. The molecule has 0 saturated carbocycles. The summed E-state index contributed by atoms with van der Waals surface area (Å²) in [5, 5.41) is 0. The summed E-state index contributed by atoms with van der Waals surface area (Å²) in [6, 6.07) is 0. The van der Waals surface area contributed by atoms with Crippen LogP contribution in [0.2, 0.25) is 0 Å². The minimum Gasteiger partial charge on any atom is 0 e. The first kappa shape index (κ1) is 53.0. The van der Waals surface area contributed by atoms with Crippen molar-refractivity contribution in [3.05, 3.63) is 0 Å². The van der Waals surface area contributed by atoms with Crippen molar-refractivity contribution in [2.75, 3.05) is 0 Å². The molecule has 0 unspecified atom stereocenters. The molecule has 0 aliphatic rings. The van der Waals surface area contributed by atoms with Gasteiger partial charge in [0.1, 0.15) is 0 Å². The number of hydrogen-bond donors (Lipinski definition) is 0. The average Bonchev–Trinajstić information content (AvgIpc) is 0. The van der Waals surface area contributed by atoms with E-state index >= 15 is 0 Å². The molecule has 2 radical (unpaired) electrons. The van der Waals surface area contributed by atoms with Crippen molar-refractivity contribution >= 4 is 29.6 Å². The molecule has 0 N–H and O–H groups in total. The molecular weight excluding hydrogens is 299 g/mol. The van der Waals surface area contributed by atoms with Gasteiger partial charge in [0.2, 0.25) is 0 Å². The number of hydrogen-bond acceptors (Lipinski definition) is 0. The van der Waals surface area contributed by atoms with Crippen LogP contribution in [0.3, 0.4) is 0 Å². The van der Waals surface area contributed by atoms with Gasteiger partial charge < -0.3 is 0 Å². The zero-order chi connectivity index (χ0) is 0. The smallest absolute Gasteiger partial charge is 0 e. The van der Waals surface area contributed by atoms with Crippen molar-refractivity contribution < 1.29 is 89.1 Å². The van der Waals surface area contributed by atoms with Gasteiger partial charge in [-0.2, -0.15) is 0 Å². The van der Waals surface area contributed by atoms with Crippen LogP contribution >= 0.6 is 0 Å². The molecule has 0 heterocycles. The Bertz CT molecular complexity index is 15.5. The van der Waals surface area contributed by atoms with Gasteiger partial charge in [0.05, 0.1) is 0 Å². The van der Waals surface area contributed by atoms with E-state index in [-0.39, 0.29) is 119 Å². The molecule has 0 aliphatic heterocycles. The Kier molecular flexibility index (Phi) is 330. The minimum atomic E-state index is 0. The Hall–Kier alpha value is 3.75. The number of rotatable bonds is 0. The van der Waals surface area contributed by atoms with Gasteiger partial charge in [0.25, 0.3) is 0 Å². The van der Waals surface area contributed by atoms with E-state index in [1.807, 2.05) is 0 Å². The first-order chi connectivity index (χ1) is 0. The minimum absolute atomic E-state index is 0. The van der Waals surface area contributed by atoms with Crippen LogP contribution in [0, 0.1) is 0 Å². The van der Waals surface area contributed by atoms with Crippen molar-refractivity contribution in [1.82, 2.24) is 0 Å². The van der Waals surface area contributed by atoms with E-state index in [4.69, 9.17) is 0 Å². The van der Waals surface area contributed by atoms with E-state index in [0.717, 1.165) is 0 Å². The molecule has 0 nitrogen and oxygen atoms in total. The predicted octanol–water partition coefficient (Wildman–Crippen LogP) is -0.661. The molecule has 0 aliphatic carbocycles. The van der Waals surface area contributed by atoms with Gasteiger partial charge in [-0.1, -0.05) is 0 Å². The van der Waals surface area contributed by atoms with Crippen LogP contribution in [0.25, 0.3) is 0 Å². The molecule has 0 bridgehead atoms. The van der Waals surface area contributed by atoms with Crippen LogP contribution in [0.5, 0.6) is 0 Å². The summed E-state index contributed by atoms with van der Waals surface area (Å²) in [5.41, 5.74) is 0. The van der Waals surface area contributed by atoms with Crippen molar-refractivity contribution in [3.8, 4) is 0 Å². The third-order valence-corrected chi connectivity index (χ3v) is 0. The van der Waals surface area contributed by atoms with Gasteiger partial charge in [-0.3, -0.25) is 0 Å². The first-order valence-corrected chi connectivity index (χ1v) is 0. The first-order valence-electron chi connectivity index (χ1n) is 0. The van der Waals surface area contributed by atoms with Crippen LogP contribution < -0.4 is 0 Å². The molecule has 0 fully saturated rings. The fourth-order valence-electron chi connectivity index (χ4n) is 0. The summed E-state index contributed by atoms with van der Waals surface area (Å²) in [7, 11) is 0. The van der Waals surface area contributed by atoms with Gasteiger partial charge in [0.15, 0.2) is 0 Å². The van der Waals surface area contributed by atoms with Crippen LogP contribution in [0.15, 0.2) is 0 Å². The monoisotopic (exact) mass is 300 g/mol. The van der Waals surface area contributed by atoms with Crippen LogP contribution in [0.4, 0.5) is 0 Å². The largest absolute Gasteiger partial charge is 0 e. The maximum atomic E-state index is 0. The molecule has 0 amide bonds. The third kappa shape index (κ3) is 25.1. The Morgan fingerprint density at radius 2 is 1.00 bits per heavy atom. The van der Waals surface area contributed by atoms with Gasteiger partial charge >= 0.3 is 29.6 Å². The van der Waals surface area contributed by atoms with E-state index in [1.165, 1.54) is 0 Å². The van der Waals surface area contributed by atoms with E-state index in [9.17, 15) is 0 Å². The fourth-order valence-corrected chi connectivity index (χ4v) is 0. The Morgan fingerprint density at radius 3 is 1.00 bits per heavy atom. The molecule has 6 heavy (non-hydrogen) atoms. The van der Waals surface area contributed by atoms with E-state index in [1.54, 1.807) is 0 Å². The van der Waals surface area contributed by atoms with Crippen LogP contribution in [-0.4, -0.2) is 29.6 Å². The predicted molar refractivity (Wildman–Crippen MR) is 7.15 cm³/mol. The van der Waals surface area contributed by atoms with Crippen molar-refractivity contribution in [1.29, 1.82) is 0 Å². The molecule has 0 aromatic rings. The molecule has 0 aromatic heterocycles. The third-order valence-electron chi connectivity index (χ3n) is 0. The zero-order valence-corrected chi connectivity index (χ0v) is 7.76. The molecule has 6 heteroatoms.